The Morgan fingerprint density at radius 3 is 2.35 bits per heavy atom. The molecule has 0 heterocycles. The smallest absolute Gasteiger partial charge is 0.305 e. The number of hydrogen-bond donors (Lipinski definition) is 2. The molecule has 2 aromatic carbocycles. The highest BCUT2D eigenvalue weighted by Crippen LogP contribution is 2.16. The first-order chi connectivity index (χ1) is 14.9. The van der Waals surface area contributed by atoms with E-state index in [-0.39, 0.29) is 35.9 Å². The summed E-state index contributed by atoms with van der Waals surface area (Å²) in [6.45, 7) is 4.31. The van der Waals surface area contributed by atoms with E-state index >= 15 is 0 Å². The number of ether oxygens (including phenoxy) is 2. The fourth-order valence-corrected chi connectivity index (χ4v) is 3.04. The minimum Gasteiger partial charge on any atom is -0.491 e. The third-order valence-electron chi connectivity index (χ3n) is 4.24. The molecule has 166 valence electrons. The summed E-state index contributed by atoms with van der Waals surface area (Å²) in [6, 6.07) is 17.4. The average molecular weight is 443 g/mol. The van der Waals surface area contributed by atoms with Crippen molar-refractivity contribution in [2.24, 2.45) is 0 Å². The van der Waals surface area contributed by atoms with Gasteiger partial charge >= 0.3 is 5.97 Å². The Kier molecular flexibility index (Phi) is 10.5. The van der Waals surface area contributed by atoms with Gasteiger partial charge in [0.2, 0.25) is 5.91 Å². The van der Waals surface area contributed by atoms with E-state index in [4.69, 9.17) is 21.7 Å². The summed E-state index contributed by atoms with van der Waals surface area (Å²) in [5, 5.41) is 5.78. The lowest BCUT2D eigenvalue weighted by Crippen LogP contribution is -2.34. The molecule has 0 fully saturated rings. The predicted octanol–water partition coefficient (Wildman–Crippen LogP) is 4.63. The first-order valence-electron chi connectivity index (χ1n) is 10.5. The van der Waals surface area contributed by atoms with Crippen molar-refractivity contribution in [2.75, 3.05) is 11.9 Å². The first-order valence-corrected chi connectivity index (χ1v) is 10.9. The van der Waals surface area contributed by atoms with Gasteiger partial charge < -0.3 is 20.1 Å². The van der Waals surface area contributed by atoms with Crippen molar-refractivity contribution in [1.82, 2.24) is 5.32 Å². The quantitative estimate of drug-likeness (QED) is 0.300. The fraction of sp³-hybridized carbons (Fsp3) is 0.375. The molecule has 0 saturated heterocycles. The molecule has 0 bridgehead atoms. The molecule has 0 aliphatic carbocycles. The largest absolute Gasteiger partial charge is 0.491 e. The Balaban J connectivity index is 1.56. The second-order valence-corrected chi connectivity index (χ2v) is 7.76. The van der Waals surface area contributed by atoms with Gasteiger partial charge in [0, 0.05) is 18.5 Å². The van der Waals surface area contributed by atoms with E-state index in [0.29, 0.717) is 13.0 Å². The van der Waals surface area contributed by atoms with Gasteiger partial charge in [0.25, 0.3) is 0 Å². The molecule has 2 N–H and O–H groups in total. The van der Waals surface area contributed by atoms with Crippen LogP contribution < -0.4 is 15.4 Å². The van der Waals surface area contributed by atoms with Gasteiger partial charge in [-0.25, -0.2) is 0 Å². The second kappa shape index (κ2) is 13.4. The van der Waals surface area contributed by atoms with Gasteiger partial charge in [-0.2, -0.15) is 0 Å². The summed E-state index contributed by atoms with van der Waals surface area (Å²) in [5.41, 5.74) is 1.97. The molecule has 2 aromatic rings. The number of nitrogens with one attached hydrogen (secondary N) is 2. The monoisotopic (exact) mass is 442 g/mol. The van der Waals surface area contributed by atoms with E-state index in [2.05, 4.69) is 22.8 Å². The molecule has 0 atom stereocenters. The first kappa shape index (κ1) is 24.3. The molecule has 0 aliphatic rings. The highest BCUT2D eigenvalue weighted by atomic mass is 32.1. The zero-order valence-electron chi connectivity index (χ0n) is 18.1. The number of benzene rings is 2. The standard InChI is InChI=1S/C24H30N2O4S/c1-18(2)30-21-15-13-20(14-16-21)25-24(31)26-22(27)11-6-12-23(28)29-17-7-10-19-8-4-3-5-9-19/h3-5,8-9,13-16,18H,6-7,10-12,17H2,1-2H3,(H2,25,26,27,31). The van der Waals surface area contributed by atoms with E-state index in [9.17, 15) is 9.59 Å². The van der Waals surface area contributed by atoms with Gasteiger partial charge in [-0.15, -0.1) is 0 Å². The Labute approximate surface area is 189 Å². The highest BCUT2D eigenvalue weighted by Gasteiger charge is 2.08. The molecule has 0 aliphatic heterocycles. The summed E-state index contributed by atoms with van der Waals surface area (Å²) in [5.74, 6) is 0.238. The molecule has 7 heteroatoms. The average Bonchev–Trinajstić information content (AvgIpc) is 2.73. The van der Waals surface area contributed by atoms with Crippen LogP contribution in [0.1, 0.15) is 45.1 Å². The molecule has 0 saturated carbocycles. The molecule has 0 radical (unpaired) electrons. The van der Waals surface area contributed by atoms with Crippen LogP contribution in [0, 0.1) is 0 Å². The van der Waals surface area contributed by atoms with Crippen molar-refractivity contribution in [3.63, 3.8) is 0 Å². The molecule has 31 heavy (non-hydrogen) atoms. The lowest BCUT2D eigenvalue weighted by atomic mass is 10.1. The third-order valence-corrected chi connectivity index (χ3v) is 4.44. The maximum Gasteiger partial charge on any atom is 0.305 e. The van der Waals surface area contributed by atoms with Crippen LogP contribution in [0.5, 0.6) is 5.75 Å². The molecule has 0 aromatic heterocycles. The van der Waals surface area contributed by atoms with Crippen molar-refractivity contribution < 1.29 is 19.1 Å². The van der Waals surface area contributed by atoms with Crippen LogP contribution >= 0.6 is 12.2 Å². The zero-order valence-corrected chi connectivity index (χ0v) is 18.9. The molecular weight excluding hydrogens is 412 g/mol. The maximum absolute atomic E-state index is 12.0. The minimum absolute atomic E-state index is 0.103. The maximum atomic E-state index is 12.0. The lowest BCUT2D eigenvalue weighted by molar-refractivity contribution is -0.143. The zero-order chi connectivity index (χ0) is 22.5. The summed E-state index contributed by atoms with van der Waals surface area (Å²) < 4.78 is 10.8. The van der Waals surface area contributed by atoms with Gasteiger partial charge in [-0.3, -0.25) is 9.59 Å². The van der Waals surface area contributed by atoms with Gasteiger partial charge in [0.15, 0.2) is 5.11 Å². The number of hydrogen-bond acceptors (Lipinski definition) is 5. The van der Waals surface area contributed by atoms with Crippen LogP contribution in [-0.2, 0) is 20.7 Å². The summed E-state index contributed by atoms with van der Waals surface area (Å²) in [7, 11) is 0. The van der Waals surface area contributed by atoms with Crippen LogP contribution in [-0.4, -0.2) is 29.7 Å². The number of carbonyl (C=O) groups is 2. The van der Waals surface area contributed by atoms with E-state index in [1.165, 1.54) is 5.56 Å². The number of thiocarbonyl (C=S) groups is 1. The molecule has 1 amide bonds. The second-order valence-electron chi connectivity index (χ2n) is 7.36. The number of carbonyl (C=O) groups excluding carboxylic acids is 2. The van der Waals surface area contributed by atoms with Crippen LogP contribution in [0.25, 0.3) is 0 Å². The summed E-state index contributed by atoms with van der Waals surface area (Å²) in [4.78, 5) is 23.8. The van der Waals surface area contributed by atoms with E-state index in [0.717, 1.165) is 24.3 Å². The van der Waals surface area contributed by atoms with Gasteiger partial charge in [-0.05, 0) is 75.2 Å². The van der Waals surface area contributed by atoms with Crippen molar-refractivity contribution in [3.8, 4) is 5.75 Å². The highest BCUT2D eigenvalue weighted by molar-refractivity contribution is 7.80. The van der Waals surface area contributed by atoms with Crippen molar-refractivity contribution in [2.45, 2.75) is 52.1 Å². The molecular formula is C24H30N2O4S. The number of esters is 1. The Morgan fingerprint density at radius 1 is 0.968 bits per heavy atom. The minimum atomic E-state index is -0.287. The molecule has 0 unspecified atom stereocenters. The number of amides is 1. The number of anilines is 1. The van der Waals surface area contributed by atoms with Crippen LogP contribution in [0.4, 0.5) is 5.69 Å². The SMILES string of the molecule is CC(C)Oc1ccc(NC(=S)NC(=O)CCCC(=O)OCCCc2ccccc2)cc1. The van der Waals surface area contributed by atoms with Gasteiger partial charge in [0.05, 0.1) is 12.7 Å². The van der Waals surface area contributed by atoms with E-state index in [1.807, 2.05) is 56.3 Å². The van der Waals surface area contributed by atoms with Gasteiger partial charge in [0.1, 0.15) is 5.75 Å². The molecule has 0 spiro atoms. The van der Waals surface area contributed by atoms with Crippen LogP contribution in [0.15, 0.2) is 54.6 Å². The topological polar surface area (TPSA) is 76.7 Å². The fourth-order valence-electron chi connectivity index (χ4n) is 2.81. The van der Waals surface area contributed by atoms with Crippen LogP contribution in [0.3, 0.4) is 0 Å². The number of rotatable bonds is 11. The van der Waals surface area contributed by atoms with Crippen LogP contribution in [0.2, 0.25) is 0 Å². The van der Waals surface area contributed by atoms with Crippen molar-refractivity contribution in [1.29, 1.82) is 0 Å². The Hall–Kier alpha value is -2.93. The molecule has 6 nitrogen and oxygen atoms in total. The Morgan fingerprint density at radius 2 is 1.68 bits per heavy atom. The van der Waals surface area contributed by atoms with Crippen molar-refractivity contribution >= 4 is 34.9 Å². The van der Waals surface area contributed by atoms with Gasteiger partial charge in [-0.1, -0.05) is 30.3 Å². The number of aryl methyl sites for hydroxylation is 1. The molecule has 2 rings (SSSR count). The lowest BCUT2D eigenvalue weighted by Gasteiger charge is -2.12. The van der Waals surface area contributed by atoms with E-state index < -0.39 is 0 Å². The predicted molar refractivity (Wildman–Crippen MR) is 126 cm³/mol. The van der Waals surface area contributed by atoms with E-state index in [1.54, 1.807) is 0 Å². The normalized spacial score (nSPS) is 10.4. The Bertz CT molecular complexity index is 838. The van der Waals surface area contributed by atoms with Crippen molar-refractivity contribution in [3.05, 3.63) is 60.2 Å². The third kappa shape index (κ3) is 10.6. The summed E-state index contributed by atoms with van der Waals surface area (Å²) >= 11 is 5.16. The summed E-state index contributed by atoms with van der Waals surface area (Å²) in [6.07, 6.45) is 2.56.